The Kier molecular flexibility index (Phi) is 6.61. The van der Waals surface area contributed by atoms with Crippen LogP contribution < -0.4 is 10.1 Å². The Bertz CT molecular complexity index is 984. The lowest BCUT2D eigenvalue weighted by Crippen LogP contribution is -2.29. The quantitative estimate of drug-likeness (QED) is 0.580. The van der Waals surface area contributed by atoms with E-state index >= 15 is 0 Å². The van der Waals surface area contributed by atoms with E-state index in [1.165, 1.54) is 18.3 Å². The normalized spacial score (nSPS) is 11.6. The number of carbonyl (C=O) groups is 2. The van der Waals surface area contributed by atoms with Crippen molar-refractivity contribution in [3.8, 4) is 5.75 Å². The smallest absolute Gasteiger partial charge is 0.351 e. The van der Waals surface area contributed by atoms with Crippen LogP contribution >= 0.6 is 11.3 Å². The fourth-order valence-electron chi connectivity index (χ4n) is 2.61. The summed E-state index contributed by atoms with van der Waals surface area (Å²) >= 11 is 1.25. The lowest BCUT2D eigenvalue weighted by molar-refractivity contribution is -0.123. The highest BCUT2D eigenvalue weighted by atomic mass is 32.1. The van der Waals surface area contributed by atoms with Crippen LogP contribution in [0.3, 0.4) is 0 Å². The number of thiazole rings is 1. The molecule has 150 valence electrons. The van der Waals surface area contributed by atoms with E-state index in [4.69, 9.17) is 9.47 Å². The van der Waals surface area contributed by atoms with Crippen LogP contribution in [0.15, 0.2) is 54.6 Å². The summed E-state index contributed by atoms with van der Waals surface area (Å²) in [6.45, 7) is 5.56. The van der Waals surface area contributed by atoms with Crippen molar-refractivity contribution in [3.05, 3.63) is 75.7 Å². The summed E-state index contributed by atoms with van der Waals surface area (Å²) in [5.41, 5.74) is 2.28. The Labute approximate surface area is 173 Å². The molecule has 1 aromatic heterocycles. The number of hydrogen-bond donors (Lipinski definition) is 1. The van der Waals surface area contributed by atoms with Gasteiger partial charge in [0.2, 0.25) is 0 Å². The fraction of sp³-hybridized carbons (Fsp3) is 0.227. The number of hydrogen-bond acceptors (Lipinski definition) is 6. The van der Waals surface area contributed by atoms with Gasteiger partial charge >= 0.3 is 5.97 Å². The van der Waals surface area contributed by atoms with Crippen molar-refractivity contribution in [3.63, 3.8) is 0 Å². The van der Waals surface area contributed by atoms with E-state index in [2.05, 4.69) is 10.3 Å². The SMILES string of the molecule is Cc1nc(C)c(C(=O)OC(C)C(=O)Nc2ccc(OCc3ccccc3)cc2)s1. The molecule has 0 spiro atoms. The molecule has 3 aromatic rings. The van der Waals surface area contributed by atoms with Crippen molar-refractivity contribution in [2.75, 3.05) is 5.32 Å². The van der Waals surface area contributed by atoms with Crippen molar-refractivity contribution in [1.29, 1.82) is 0 Å². The molecule has 0 aliphatic rings. The highest BCUT2D eigenvalue weighted by molar-refractivity contribution is 7.13. The average molecular weight is 410 g/mol. The molecule has 29 heavy (non-hydrogen) atoms. The van der Waals surface area contributed by atoms with Crippen LogP contribution in [-0.4, -0.2) is 23.0 Å². The Morgan fingerprint density at radius 1 is 1.07 bits per heavy atom. The molecule has 1 N–H and O–H groups in total. The summed E-state index contributed by atoms with van der Waals surface area (Å²) < 4.78 is 11.0. The number of aromatic nitrogens is 1. The van der Waals surface area contributed by atoms with E-state index in [9.17, 15) is 9.59 Å². The molecule has 1 heterocycles. The summed E-state index contributed by atoms with van der Waals surface area (Å²) in [7, 11) is 0. The third kappa shape index (κ3) is 5.65. The second-order valence-corrected chi connectivity index (χ2v) is 7.69. The van der Waals surface area contributed by atoms with Gasteiger partial charge in [-0.05, 0) is 50.6 Å². The number of anilines is 1. The Balaban J connectivity index is 1.51. The minimum absolute atomic E-state index is 0.407. The monoisotopic (exact) mass is 410 g/mol. The number of aryl methyl sites for hydroxylation is 2. The van der Waals surface area contributed by atoms with Crippen molar-refractivity contribution >= 4 is 28.9 Å². The Morgan fingerprint density at radius 3 is 2.38 bits per heavy atom. The number of carbonyl (C=O) groups excluding carboxylic acids is 2. The van der Waals surface area contributed by atoms with Crippen LogP contribution in [0.2, 0.25) is 0 Å². The highest BCUT2D eigenvalue weighted by Gasteiger charge is 2.22. The summed E-state index contributed by atoms with van der Waals surface area (Å²) in [5, 5.41) is 3.51. The number of rotatable bonds is 7. The molecule has 3 rings (SSSR count). The molecule has 0 aliphatic heterocycles. The molecule has 7 heteroatoms. The molecule has 1 atom stereocenters. The third-order valence-corrected chi connectivity index (χ3v) is 5.17. The van der Waals surface area contributed by atoms with Crippen molar-refractivity contribution in [2.45, 2.75) is 33.5 Å². The van der Waals surface area contributed by atoms with Gasteiger partial charge in [0.25, 0.3) is 5.91 Å². The van der Waals surface area contributed by atoms with Gasteiger partial charge in [0.05, 0.1) is 10.7 Å². The van der Waals surface area contributed by atoms with E-state index < -0.39 is 18.0 Å². The van der Waals surface area contributed by atoms with Crippen molar-refractivity contribution in [2.24, 2.45) is 0 Å². The molecule has 0 saturated carbocycles. The first-order chi connectivity index (χ1) is 13.9. The molecule has 6 nitrogen and oxygen atoms in total. The standard InChI is InChI=1S/C22H22N2O4S/c1-14-20(29-16(3)23-14)22(26)28-15(2)21(25)24-18-9-11-19(12-10-18)27-13-17-7-5-4-6-8-17/h4-12,15H,13H2,1-3H3,(H,24,25). The molecular formula is C22H22N2O4S. The van der Waals surface area contributed by atoms with Gasteiger partial charge < -0.3 is 14.8 Å². The largest absolute Gasteiger partial charge is 0.489 e. The minimum Gasteiger partial charge on any atom is -0.489 e. The van der Waals surface area contributed by atoms with Gasteiger partial charge in [-0.3, -0.25) is 4.79 Å². The van der Waals surface area contributed by atoms with E-state index in [1.54, 1.807) is 31.2 Å². The summed E-state index contributed by atoms with van der Waals surface area (Å²) in [4.78, 5) is 29.2. The molecule has 1 unspecified atom stereocenters. The van der Waals surface area contributed by atoms with Crippen LogP contribution in [0.4, 0.5) is 5.69 Å². The molecule has 2 aromatic carbocycles. The summed E-state index contributed by atoms with van der Waals surface area (Å²) in [5.74, 6) is -0.252. The van der Waals surface area contributed by atoms with E-state index in [0.717, 1.165) is 10.6 Å². The van der Waals surface area contributed by atoms with Crippen LogP contribution in [0, 0.1) is 13.8 Å². The van der Waals surface area contributed by atoms with Gasteiger partial charge in [0.15, 0.2) is 6.10 Å². The van der Waals surface area contributed by atoms with E-state index in [0.29, 0.717) is 28.6 Å². The summed E-state index contributed by atoms with van der Waals surface area (Å²) in [6, 6.07) is 16.9. The number of nitrogens with one attached hydrogen (secondary N) is 1. The second kappa shape index (κ2) is 9.34. The Hall–Kier alpha value is -3.19. The lowest BCUT2D eigenvalue weighted by atomic mass is 10.2. The number of nitrogens with zero attached hydrogens (tertiary/aromatic N) is 1. The van der Waals surface area contributed by atoms with E-state index in [1.807, 2.05) is 37.3 Å². The van der Waals surface area contributed by atoms with Crippen LogP contribution in [-0.2, 0) is 16.1 Å². The number of benzene rings is 2. The maximum atomic E-state index is 12.3. The molecule has 0 saturated heterocycles. The zero-order chi connectivity index (χ0) is 20.8. The predicted molar refractivity (Wildman–Crippen MR) is 112 cm³/mol. The first-order valence-corrected chi connectivity index (χ1v) is 9.96. The number of ether oxygens (including phenoxy) is 2. The lowest BCUT2D eigenvalue weighted by Gasteiger charge is -2.13. The molecule has 0 fully saturated rings. The van der Waals surface area contributed by atoms with Gasteiger partial charge in [-0.2, -0.15) is 0 Å². The molecule has 0 radical (unpaired) electrons. The first-order valence-electron chi connectivity index (χ1n) is 9.15. The first kappa shape index (κ1) is 20.5. The summed E-state index contributed by atoms with van der Waals surface area (Å²) in [6.07, 6.45) is -0.932. The molecule has 0 bridgehead atoms. The molecule has 1 amide bonds. The predicted octanol–water partition coefficient (Wildman–Crippen LogP) is 4.52. The second-order valence-electron chi connectivity index (χ2n) is 6.48. The zero-order valence-electron chi connectivity index (χ0n) is 16.5. The van der Waals surface area contributed by atoms with Gasteiger partial charge in [-0.1, -0.05) is 30.3 Å². The van der Waals surface area contributed by atoms with Crippen molar-refractivity contribution < 1.29 is 19.1 Å². The van der Waals surface area contributed by atoms with Gasteiger partial charge in [-0.25, -0.2) is 9.78 Å². The van der Waals surface area contributed by atoms with Gasteiger partial charge in [0, 0.05) is 5.69 Å². The highest BCUT2D eigenvalue weighted by Crippen LogP contribution is 2.20. The molecular weight excluding hydrogens is 388 g/mol. The Morgan fingerprint density at radius 2 is 1.76 bits per heavy atom. The fourth-order valence-corrected chi connectivity index (χ4v) is 3.41. The van der Waals surface area contributed by atoms with Crippen LogP contribution in [0.5, 0.6) is 5.75 Å². The number of esters is 1. The third-order valence-electron chi connectivity index (χ3n) is 4.11. The van der Waals surface area contributed by atoms with Gasteiger partial charge in [-0.15, -0.1) is 11.3 Å². The number of amides is 1. The van der Waals surface area contributed by atoms with E-state index in [-0.39, 0.29) is 0 Å². The average Bonchev–Trinajstić information content (AvgIpc) is 3.06. The van der Waals surface area contributed by atoms with Crippen LogP contribution in [0.25, 0.3) is 0 Å². The minimum atomic E-state index is -0.932. The zero-order valence-corrected chi connectivity index (χ0v) is 17.3. The maximum Gasteiger partial charge on any atom is 0.351 e. The van der Waals surface area contributed by atoms with Crippen molar-refractivity contribution in [1.82, 2.24) is 4.98 Å². The van der Waals surface area contributed by atoms with Gasteiger partial charge in [0.1, 0.15) is 17.2 Å². The molecule has 0 aliphatic carbocycles. The topological polar surface area (TPSA) is 77.5 Å². The maximum absolute atomic E-state index is 12.3. The van der Waals surface area contributed by atoms with Crippen LogP contribution in [0.1, 0.15) is 32.9 Å².